The van der Waals surface area contributed by atoms with Gasteiger partial charge in [-0.2, -0.15) is 0 Å². The monoisotopic (exact) mass is 300 g/mol. The van der Waals surface area contributed by atoms with Crippen molar-refractivity contribution in [1.82, 2.24) is 9.97 Å². The zero-order chi connectivity index (χ0) is 15.0. The summed E-state index contributed by atoms with van der Waals surface area (Å²) in [6, 6.07) is 6.49. The Bertz CT molecular complexity index is 680. The number of nitrogens with zero attached hydrogens (tertiary/aromatic N) is 2. The van der Waals surface area contributed by atoms with Gasteiger partial charge in [0.25, 0.3) is 0 Å². The highest BCUT2D eigenvalue weighted by Gasteiger charge is 2.28. The van der Waals surface area contributed by atoms with Gasteiger partial charge in [0.1, 0.15) is 16.7 Å². The number of nitrogens with two attached hydrogens (primary N) is 1. The van der Waals surface area contributed by atoms with Crippen LogP contribution in [0.4, 0.5) is 5.82 Å². The Morgan fingerprint density at radius 2 is 1.95 bits per heavy atom. The maximum absolute atomic E-state index is 5.60. The number of benzene rings is 1. The summed E-state index contributed by atoms with van der Waals surface area (Å²) in [6.45, 7) is 6.26. The van der Waals surface area contributed by atoms with Gasteiger partial charge in [-0.1, -0.05) is 29.5 Å². The predicted octanol–water partition coefficient (Wildman–Crippen LogP) is 3.72. The standard InChI is InChI=1S/C16H20N4S/c1-9-4-7-13(10(2)8-9)21-16-11(3)14(20-17)18-15(19-16)12-5-6-12/h4,7-8,12H,5-6,17H2,1-3H3,(H,18,19,20). The van der Waals surface area contributed by atoms with Crippen LogP contribution in [0.1, 0.15) is 41.3 Å². The highest BCUT2D eigenvalue weighted by atomic mass is 32.2. The zero-order valence-corrected chi connectivity index (χ0v) is 13.4. The second kappa shape index (κ2) is 5.66. The van der Waals surface area contributed by atoms with Crippen molar-refractivity contribution < 1.29 is 0 Å². The van der Waals surface area contributed by atoms with Gasteiger partial charge < -0.3 is 5.43 Å². The third kappa shape index (κ3) is 3.04. The normalized spacial score (nSPS) is 14.3. The van der Waals surface area contributed by atoms with Crippen LogP contribution in [0.2, 0.25) is 0 Å². The first-order valence-electron chi connectivity index (χ1n) is 7.18. The molecular formula is C16H20N4S. The highest BCUT2D eigenvalue weighted by molar-refractivity contribution is 7.99. The minimum absolute atomic E-state index is 0.510. The molecule has 0 radical (unpaired) electrons. The highest BCUT2D eigenvalue weighted by Crippen LogP contribution is 2.41. The topological polar surface area (TPSA) is 63.8 Å². The first-order valence-corrected chi connectivity index (χ1v) is 8.00. The van der Waals surface area contributed by atoms with E-state index in [4.69, 9.17) is 10.8 Å². The lowest BCUT2D eigenvalue weighted by Crippen LogP contribution is -2.13. The second-order valence-corrected chi connectivity index (χ2v) is 6.68. The molecule has 0 unspecified atom stereocenters. The van der Waals surface area contributed by atoms with E-state index in [2.05, 4.69) is 42.5 Å². The number of nitrogens with one attached hydrogen (secondary N) is 1. The van der Waals surface area contributed by atoms with Gasteiger partial charge >= 0.3 is 0 Å². The third-order valence-electron chi connectivity index (χ3n) is 3.73. The number of anilines is 1. The van der Waals surface area contributed by atoms with Gasteiger partial charge in [0.2, 0.25) is 0 Å². The summed E-state index contributed by atoms with van der Waals surface area (Å²) < 4.78 is 0. The number of hydrogen-bond donors (Lipinski definition) is 2. The van der Waals surface area contributed by atoms with Crippen LogP contribution in [-0.2, 0) is 0 Å². The number of aromatic nitrogens is 2. The lowest BCUT2D eigenvalue weighted by Gasteiger charge is -2.12. The van der Waals surface area contributed by atoms with Gasteiger partial charge in [-0.25, -0.2) is 15.8 Å². The molecule has 3 rings (SSSR count). The van der Waals surface area contributed by atoms with Crippen molar-refractivity contribution in [2.24, 2.45) is 5.84 Å². The van der Waals surface area contributed by atoms with E-state index in [9.17, 15) is 0 Å². The Labute approximate surface area is 129 Å². The number of nitrogen functional groups attached to an aromatic ring is 1. The summed E-state index contributed by atoms with van der Waals surface area (Å²) in [5.41, 5.74) is 6.26. The molecule has 1 aromatic heterocycles. The molecule has 1 aliphatic carbocycles. The minimum Gasteiger partial charge on any atom is -0.308 e. The van der Waals surface area contributed by atoms with Crippen LogP contribution >= 0.6 is 11.8 Å². The molecule has 1 fully saturated rings. The smallest absolute Gasteiger partial charge is 0.147 e. The van der Waals surface area contributed by atoms with Gasteiger partial charge in [-0.05, 0) is 45.2 Å². The third-order valence-corrected chi connectivity index (χ3v) is 5.00. The van der Waals surface area contributed by atoms with Crippen molar-refractivity contribution in [3.05, 3.63) is 40.7 Å². The summed E-state index contributed by atoms with van der Waals surface area (Å²) in [7, 11) is 0. The fraction of sp³-hybridized carbons (Fsp3) is 0.375. The molecule has 1 aliphatic rings. The van der Waals surface area contributed by atoms with E-state index < -0.39 is 0 Å². The van der Waals surface area contributed by atoms with Crippen LogP contribution in [-0.4, -0.2) is 9.97 Å². The van der Waals surface area contributed by atoms with Gasteiger partial charge in [0, 0.05) is 16.4 Å². The number of rotatable bonds is 4. The first-order chi connectivity index (χ1) is 10.1. The van der Waals surface area contributed by atoms with E-state index in [-0.39, 0.29) is 0 Å². The second-order valence-electron chi connectivity index (χ2n) is 5.65. The molecule has 1 aromatic carbocycles. The van der Waals surface area contributed by atoms with Crippen LogP contribution in [0.25, 0.3) is 0 Å². The molecule has 0 atom stereocenters. The molecule has 0 amide bonds. The van der Waals surface area contributed by atoms with E-state index in [1.165, 1.54) is 28.9 Å². The van der Waals surface area contributed by atoms with E-state index >= 15 is 0 Å². The molecule has 0 spiro atoms. The van der Waals surface area contributed by atoms with Crippen molar-refractivity contribution in [2.45, 2.75) is 49.5 Å². The van der Waals surface area contributed by atoms with Crippen LogP contribution in [0.15, 0.2) is 28.1 Å². The molecule has 0 saturated heterocycles. The zero-order valence-electron chi connectivity index (χ0n) is 12.6. The number of aryl methyl sites for hydroxylation is 2. The quantitative estimate of drug-likeness (QED) is 0.512. The van der Waals surface area contributed by atoms with Crippen molar-refractivity contribution >= 4 is 17.6 Å². The molecular weight excluding hydrogens is 280 g/mol. The summed E-state index contributed by atoms with van der Waals surface area (Å²) in [4.78, 5) is 10.5. The SMILES string of the molecule is Cc1ccc(Sc2nc(C3CC3)nc(NN)c2C)c(C)c1. The molecule has 2 aromatic rings. The fourth-order valence-corrected chi connectivity index (χ4v) is 3.25. The maximum Gasteiger partial charge on any atom is 0.147 e. The van der Waals surface area contributed by atoms with Gasteiger partial charge in [0.05, 0.1) is 0 Å². The Balaban J connectivity index is 1.98. The van der Waals surface area contributed by atoms with Gasteiger partial charge in [0.15, 0.2) is 0 Å². The summed E-state index contributed by atoms with van der Waals surface area (Å²) in [5, 5.41) is 0.992. The lowest BCUT2D eigenvalue weighted by atomic mass is 10.2. The average molecular weight is 300 g/mol. The Hall–Kier alpha value is -1.59. The van der Waals surface area contributed by atoms with Crippen molar-refractivity contribution in [2.75, 3.05) is 5.43 Å². The van der Waals surface area contributed by atoms with Crippen molar-refractivity contribution in [1.29, 1.82) is 0 Å². The fourth-order valence-electron chi connectivity index (χ4n) is 2.29. The van der Waals surface area contributed by atoms with E-state index in [1.54, 1.807) is 11.8 Å². The largest absolute Gasteiger partial charge is 0.308 e. The Morgan fingerprint density at radius 3 is 2.57 bits per heavy atom. The van der Waals surface area contributed by atoms with Gasteiger partial charge in [-0.15, -0.1) is 0 Å². The summed E-state index contributed by atoms with van der Waals surface area (Å²) >= 11 is 1.69. The summed E-state index contributed by atoms with van der Waals surface area (Å²) in [6.07, 6.45) is 2.36. The molecule has 0 aliphatic heterocycles. The van der Waals surface area contributed by atoms with E-state index in [0.29, 0.717) is 5.92 Å². The molecule has 5 heteroatoms. The molecule has 110 valence electrons. The predicted molar refractivity (Wildman–Crippen MR) is 86.6 cm³/mol. The van der Waals surface area contributed by atoms with Crippen molar-refractivity contribution in [3.63, 3.8) is 0 Å². The molecule has 3 N–H and O–H groups in total. The van der Waals surface area contributed by atoms with Gasteiger partial charge in [-0.3, -0.25) is 0 Å². The van der Waals surface area contributed by atoms with E-state index in [0.717, 1.165) is 22.2 Å². The molecule has 4 nitrogen and oxygen atoms in total. The molecule has 1 saturated carbocycles. The van der Waals surface area contributed by atoms with Crippen LogP contribution in [0.5, 0.6) is 0 Å². The van der Waals surface area contributed by atoms with Crippen LogP contribution in [0, 0.1) is 20.8 Å². The average Bonchev–Trinajstić information content (AvgIpc) is 3.28. The van der Waals surface area contributed by atoms with Crippen molar-refractivity contribution in [3.8, 4) is 0 Å². The number of hydrazine groups is 1. The number of hydrogen-bond acceptors (Lipinski definition) is 5. The minimum atomic E-state index is 0.510. The lowest BCUT2D eigenvalue weighted by molar-refractivity contribution is 0.862. The Morgan fingerprint density at radius 1 is 1.19 bits per heavy atom. The van der Waals surface area contributed by atoms with Crippen LogP contribution < -0.4 is 11.3 Å². The molecule has 0 bridgehead atoms. The first kappa shape index (κ1) is 14.4. The molecule has 21 heavy (non-hydrogen) atoms. The van der Waals surface area contributed by atoms with E-state index in [1.807, 2.05) is 6.92 Å². The maximum atomic E-state index is 5.60. The Kier molecular flexibility index (Phi) is 3.87. The molecule has 1 heterocycles. The summed E-state index contributed by atoms with van der Waals surface area (Å²) in [5.74, 6) is 7.77. The van der Waals surface area contributed by atoms with Crippen LogP contribution in [0.3, 0.4) is 0 Å².